The van der Waals surface area contributed by atoms with Gasteiger partial charge in [-0.1, -0.05) is 74.8 Å². The Bertz CT molecular complexity index is 1120. The number of pyridine rings is 1. The fraction of sp³-hybridized carbons (Fsp3) is 0.517. The Morgan fingerprint density at radius 2 is 1.49 bits per heavy atom. The van der Waals surface area contributed by atoms with Crippen molar-refractivity contribution < 1.29 is 9.59 Å². The van der Waals surface area contributed by atoms with Gasteiger partial charge in [0.1, 0.15) is 17.4 Å². The standard InChI is InChI=1S/C21H24N4O.C8H14O/c1-14-8-10-15(11-9-14)20-23-17-12-19(22-13-18(17)24-20)25-21(26)16-6-4-2-3-5-7-16;1-7(9)8-5-3-2-4-6-8/h8-13,16H,2-7H2,1H3,(H,23,24)(H,22,25,26);8H,2-6H2,1H3. The van der Waals surface area contributed by atoms with Crippen molar-refractivity contribution in [3.8, 4) is 11.4 Å². The summed E-state index contributed by atoms with van der Waals surface area (Å²) in [5.41, 5.74) is 3.94. The highest BCUT2D eigenvalue weighted by Gasteiger charge is 2.20. The average Bonchev–Trinajstić information content (AvgIpc) is 3.09. The van der Waals surface area contributed by atoms with Gasteiger partial charge in [0.2, 0.25) is 5.91 Å². The van der Waals surface area contributed by atoms with Crippen molar-refractivity contribution in [2.45, 2.75) is 84.5 Å². The molecule has 2 aliphatic rings. The Hall–Kier alpha value is -3.02. The molecule has 6 nitrogen and oxygen atoms in total. The molecular formula is C29H38N4O2. The summed E-state index contributed by atoms with van der Waals surface area (Å²) >= 11 is 0. The molecule has 35 heavy (non-hydrogen) atoms. The maximum absolute atomic E-state index is 12.5. The molecule has 0 aliphatic heterocycles. The number of anilines is 1. The van der Waals surface area contributed by atoms with Crippen LogP contribution in [-0.2, 0) is 9.59 Å². The van der Waals surface area contributed by atoms with E-state index in [9.17, 15) is 9.59 Å². The van der Waals surface area contributed by atoms with E-state index in [0.717, 1.165) is 60.9 Å². The molecule has 1 amide bonds. The van der Waals surface area contributed by atoms with Gasteiger partial charge in [-0.15, -0.1) is 0 Å². The number of fused-ring (bicyclic) bond motifs is 1. The molecule has 2 heterocycles. The van der Waals surface area contributed by atoms with Crippen LogP contribution in [0, 0.1) is 18.8 Å². The summed E-state index contributed by atoms with van der Waals surface area (Å²) in [7, 11) is 0. The number of amides is 1. The van der Waals surface area contributed by atoms with Crippen molar-refractivity contribution in [1.29, 1.82) is 0 Å². The minimum Gasteiger partial charge on any atom is -0.337 e. The number of carbonyl (C=O) groups excluding carboxylic acids is 2. The third-order valence-corrected chi connectivity index (χ3v) is 7.35. The van der Waals surface area contributed by atoms with Crippen LogP contribution in [0.25, 0.3) is 22.4 Å². The molecule has 0 atom stereocenters. The summed E-state index contributed by atoms with van der Waals surface area (Å²) in [6.07, 6.45) is 14.6. The number of H-pyrrole nitrogens is 1. The predicted molar refractivity (Wildman–Crippen MR) is 141 cm³/mol. The molecule has 3 aromatic rings. The molecule has 186 valence electrons. The Balaban J connectivity index is 0.000000271. The Morgan fingerprint density at radius 1 is 0.886 bits per heavy atom. The zero-order chi connectivity index (χ0) is 24.6. The first-order valence-electron chi connectivity index (χ1n) is 13.2. The number of aryl methyl sites for hydroxylation is 1. The van der Waals surface area contributed by atoms with E-state index in [1.54, 1.807) is 13.1 Å². The van der Waals surface area contributed by atoms with E-state index >= 15 is 0 Å². The van der Waals surface area contributed by atoms with Gasteiger partial charge in [-0.25, -0.2) is 9.97 Å². The van der Waals surface area contributed by atoms with Gasteiger partial charge in [-0.2, -0.15) is 0 Å². The molecule has 0 radical (unpaired) electrons. The second-order valence-electron chi connectivity index (χ2n) is 10.2. The number of carbonyl (C=O) groups is 2. The quantitative estimate of drug-likeness (QED) is 0.399. The van der Waals surface area contributed by atoms with Crippen LogP contribution in [0.5, 0.6) is 0 Å². The first kappa shape index (κ1) is 25.1. The van der Waals surface area contributed by atoms with Gasteiger partial charge in [0, 0.05) is 23.5 Å². The number of imidazole rings is 1. The van der Waals surface area contributed by atoms with Crippen molar-refractivity contribution in [2.75, 3.05) is 5.32 Å². The van der Waals surface area contributed by atoms with Crippen LogP contribution in [-0.4, -0.2) is 26.6 Å². The number of ketones is 1. The second-order valence-corrected chi connectivity index (χ2v) is 10.2. The van der Waals surface area contributed by atoms with E-state index < -0.39 is 0 Å². The zero-order valence-electron chi connectivity index (χ0n) is 21.1. The lowest BCUT2D eigenvalue weighted by atomic mass is 9.87. The van der Waals surface area contributed by atoms with Crippen LogP contribution in [0.15, 0.2) is 36.5 Å². The molecule has 0 unspecified atom stereocenters. The van der Waals surface area contributed by atoms with Gasteiger partial charge < -0.3 is 10.3 Å². The molecule has 2 aliphatic carbocycles. The van der Waals surface area contributed by atoms with E-state index in [0.29, 0.717) is 17.5 Å². The van der Waals surface area contributed by atoms with Crippen molar-refractivity contribution in [3.63, 3.8) is 0 Å². The molecule has 5 rings (SSSR count). The summed E-state index contributed by atoms with van der Waals surface area (Å²) in [6.45, 7) is 3.78. The number of hydrogen-bond donors (Lipinski definition) is 2. The minimum atomic E-state index is 0.0908. The van der Waals surface area contributed by atoms with E-state index in [1.807, 2.05) is 6.07 Å². The van der Waals surface area contributed by atoms with Crippen LogP contribution in [0.3, 0.4) is 0 Å². The van der Waals surface area contributed by atoms with E-state index in [2.05, 4.69) is 51.5 Å². The maximum atomic E-state index is 12.5. The lowest BCUT2D eigenvalue weighted by Gasteiger charge is -2.17. The lowest BCUT2D eigenvalue weighted by molar-refractivity contribution is -0.121. The van der Waals surface area contributed by atoms with Gasteiger partial charge in [0.05, 0.1) is 17.2 Å². The smallest absolute Gasteiger partial charge is 0.228 e. The Morgan fingerprint density at radius 3 is 2.09 bits per heavy atom. The fourth-order valence-electron chi connectivity index (χ4n) is 5.10. The first-order valence-corrected chi connectivity index (χ1v) is 13.2. The number of benzene rings is 1. The van der Waals surface area contributed by atoms with E-state index in [-0.39, 0.29) is 11.8 Å². The predicted octanol–water partition coefficient (Wildman–Crippen LogP) is 7.00. The number of nitrogens with one attached hydrogen (secondary N) is 2. The van der Waals surface area contributed by atoms with Crippen LogP contribution in [0.4, 0.5) is 5.82 Å². The van der Waals surface area contributed by atoms with Crippen LogP contribution < -0.4 is 5.32 Å². The number of Topliss-reactive ketones (excluding diaryl/α,β-unsaturated/α-hetero) is 1. The van der Waals surface area contributed by atoms with Crippen molar-refractivity contribution in [2.24, 2.45) is 11.8 Å². The number of rotatable bonds is 4. The summed E-state index contributed by atoms with van der Waals surface area (Å²) in [4.78, 5) is 35.7. The molecule has 1 aromatic carbocycles. The van der Waals surface area contributed by atoms with E-state index in [1.165, 1.54) is 37.7 Å². The summed E-state index contributed by atoms with van der Waals surface area (Å²) in [6, 6.07) is 10.1. The van der Waals surface area contributed by atoms with Crippen LogP contribution >= 0.6 is 0 Å². The number of aromatic amines is 1. The third kappa shape index (κ3) is 7.00. The number of nitrogens with zero attached hydrogens (tertiary/aromatic N) is 2. The van der Waals surface area contributed by atoms with Gasteiger partial charge >= 0.3 is 0 Å². The molecule has 2 saturated carbocycles. The number of hydrogen-bond acceptors (Lipinski definition) is 4. The van der Waals surface area contributed by atoms with E-state index in [4.69, 9.17) is 0 Å². The lowest BCUT2D eigenvalue weighted by Crippen LogP contribution is -2.22. The summed E-state index contributed by atoms with van der Waals surface area (Å²) in [5.74, 6) is 2.40. The fourth-order valence-corrected chi connectivity index (χ4v) is 5.10. The van der Waals surface area contributed by atoms with Gasteiger partial charge in [0.25, 0.3) is 0 Å². The summed E-state index contributed by atoms with van der Waals surface area (Å²) in [5, 5.41) is 2.98. The molecule has 2 aromatic heterocycles. The van der Waals surface area contributed by atoms with Gasteiger partial charge in [0.15, 0.2) is 0 Å². The highest BCUT2D eigenvalue weighted by atomic mass is 16.2. The maximum Gasteiger partial charge on any atom is 0.228 e. The molecule has 0 bridgehead atoms. The normalized spacial score (nSPS) is 17.3. The highest BCUT2D eigenvalue weighted by Crippen LogP contribution is 2.26. The van der Waals surface area contributed by atoms with Crippen molar-refractivity contribution in [3.05, 3.63) is 42.1 Å². The van der Waals surface area contributed by atoms with Crippen LogP contribution in [0.1, 0.15) is 83.1 Å². The zero-order valence-corrected chi connectivity index (χ0v) is 21.1. The molecule has 2 fully saturated rings. The van der Waals surface area contributed by atoms with Gasteiger partial charge in [-0.05, 0) is 39.5 Å². The molecule has 6 heteroatoms. The SMILES string of the molecule is CC(=O)C1CCCCC1.Cc1ccc(-c2nc3cc(NC(=O)C4CCCCCC4)ncc3[nH]2)cc1. The topological polar surface area (TPSA) is 87.7 Å². The molecule has 2 N–H and O–H groups in total. The molecular weight excluding hydrogens is 436 g/mol. The minimum absolute atomic E-state index is 0.0908. The summed E-state index contributed by atoms with van der Waals surface area (Å²) < 4.78 is 0. The largest absolute Gasteiger partial charge is 0.337 e. The van der Waals surface area contributed by atoms with Crippen LogP contribution in [0.2, 0.25) is 0 Å². The third-order valence-electron chi connectivity index (χ3n) is 7.35. The number of aromatic nitrogens is 3. The highest BCUT2D eigenvalue weighted by molar-refractivity contribution is 5.93. The average molecular weight is 475 g/mol. The van der Waals surface area contributed by atoms with Crippen molar-refractivity contribution >= 4 is 28.5 Å². The molecule has 0 saturated heterocycles. The monoisotopic (exact) mass is 474 g/mol. The van der Waals surface area contributed by atoms with Gasteiger partial charge in [-0.3, -0.25) is 9.59 Å². The molecule has 0 spiro atoms. The van der Waals surface area contributed by atoms with Crippen molar-refractivity contribution in [1.82, 2.24) is 15.0 Å². The Kier molecular flexibility index (Phi) is 8.67. The Labute approximate surface area is 208 Å². The first-order chi connectivity index (χ1) is 17.0. The second kappa shape index (κ2) is 12.1.